The fourth-order valence-electron chi connectivity index (χ4n) is 1.32. The minimum absolute atomic E-state index is 0.535. The zero-order valence-electron chi connectivity index (χ0n) is 11.1. The van der Waals surface area contributed by atoms with Crippen molar-refractivity contribution in [2.24, 2.45) is 0 Å². The minimum atomic E-state index is 0.535. The Morgan fingerprint density at radius 3 is 2.76 bits per heavy atom. The van der Waals surface area contributed by atoms with Gasteiger partial charge in [-0.15, -0.1) is 17.9 Å². The lowest BCUT2D eigenvalue weighted by Crippen LogP contribution is -2.21. The van der Waals surface area contributed by atoms with Gasteiger partial charge in [0.2, 0.25) is 0 Å². The molecule has 0 aromatic carbocycles. The van der Waals surface area contributed by atoms with Crippen molar-refractivity contribution in [3.8, 4) is 0 Å². The van der Waals surface area contributed by atoms with Gasteiger partial charge in [0.25, 0.3) is 0 Å². The van der Waals surface area contributed by atoms with Gasteiger partial charge in [-0.05, 0) is 25.5 Å². The molecule has 0 amide bonds. The van der Waals surface area contributed by atoms with E-state index in [-0.39, 0.29) is 0 Å². The third kappa shape index (κ3) is 6.61. The number of hydrogen-bond donors (Lipinski definition) is 1. The first kappa shape index (κ1) is 14.4. The van der Waals surface area contributed by atoms with Gasteiger partial charge < -0.3 is 10.1 Å². The summed E-state index contributed by atoms with van der Waals surface area (Å²) in [6, 6.07) is 4.87. The van der Waals surface area contributed by atoms with Crippen molar-refractivity contribution in [2.75, 3.05) is 6.61 Å². The van der Waals surface area contributed by atoms with Gasteiger partial charge >= 0.3 is 0 Å². The van der Waals surface area contributed by atoms with Crippen molar-refractivity contribution in [3.05, 3.63) is 34.0 Å². The van der Waals surface area contributed by atoms with Crippen LogP contribution in [0.3, 0.4) is 0 Å². The van der Waals surface area contributed by atoms with E-state index in [9.17, 15) is 0 Å². The fraction of sp³-hybridized carbons (Fsp3) is 0.571. The third-order valence-electron chi connectivity index (χ3n) is 2.32. The molecule has 0 aliphatic heterocycles. The van der Waals surface area contributed by atoms with E-state index in [1.165, 1.54) is 15.3 Å². The first-order valence-corrected chi connectivity index (χ1v) is 6.92. The lowest BCUT2D eigenvalue weighted by atomic mass is 10.3. The zero-order valence-corrected chi connectivity index (χ0v) is 11.9. The predicted octanol–water partition coefficient (Wildman–Crippen LogP) is 3.73. The second-order valence-electron chi connectivity index (χ2n) is 4.66. The third-order valence-corrected chi connectivity index (χ3v) is 3.38. The highest BCUT2D eigenvalue weighted by Gasteiger charge is 2.01. The van der Waals surface area contributed by atoms with Crippen molar-refractivity contribution in [3.63, 3.8) is 0 Å². The van der Waals surface area contributed by atoms with Crippen LogP contribution in [-0.2, 0) is 17.9 Å². The van der Waals surface area contributed by atoms with Crippen molar-refractivity contribution in [1.29, 1.82) is 0 Å². The number of ether oxygens (including phenoxy) is 1. The summed E-state index contributed by atoms with van der Waals surface area (Å²) in [5, 5.41) is 3.42. The van der Waals surface area contributed by atoms with Crippen LogP contribution in [0.4, 0.5) is 0 Å². The van der Waals surface area contributed by atoms with E-state index in [0.29, 0.717) is 6.04 Å². The molecule has 0 radical (unpaired) electrons. The normalized spacial score (nSPS) is 11.1. The van der Waals surface area contributed by atoms with Crippen LogP contribution in [0, 0.1) is 0 Å². The van der Waals surface area contributed by atoms with Gasteiger partial charge in [0.05, 0.1) is 13.2 Å². The van der Waals surface area contributed by atoms with Crippen LogP contribution in [0.15, 0.2) is 24.3 Å². The smallest absolute Gasteiger partial charge is 0.0809 e. The molecule has 1 heterocycles. The van der Waals surface area contributed by atoms with Gasteiger partial charge in [-0.3, -0.25) is 0 Å². The maximum Gasteiger partial charge on any atom is 0.0809 e. The number of thiophene rings is 1. The van der Waals surface area contributed by atoms with E-state index in [1.54, 1.807) is 0 Å². The summed E-state index contributed by atoms with van der Waals surface area (Å²) in [7, 11) is 0. The lowest BCUT2D eigenvalue weighted by Gasteiger charge is -2.05. The molecule has 0 aliphatic carbocycles. The van der Waals surface area contributed by atoms with Gasteiger partial charge in [-0.2, -0.15) is 0 Å². The zero-order chi connectivity index (χ0) is 12.7. The van der Waals surface area contributed by atoms with Crippen LogP contribution in [0.1, 0.15) is 36.9 Å². The maximum absolute atomic E-state index is 5.60. The molecule has 0 fully saturated rings. The van der Waals surface area contributed by atoms with E-state index < -0.39 is 0 Å². The van der Waals surface area contributed by atoms with Crippen molar-refractivity contribution >= 4 is 11.3 Å². The van der Waals surface area contributed by atoms with Gasteiger partial charge in [-0.1, -0.05) is 19.4 Å². The Balaban J connectivity index is 2.23. The summed E-state index contributed by atoms with van der Waals surface area (Å²) in [6.45, 7) is 12.7. The molecule has 0 saturated heterocycles. The molecule has 1 aromatic rings. The summed E-state index contributed by atoms with van der Waals surface area (Å²) in [5.41, 5.74) is 1.18. The molecule has 0 spiro atoms. The Labute approximate surface area is 109 Å². The van der Waals surface area contributed by atoms with Crippen molar-refractivity contribution in [1.82, 2.24) is 5.32 Å². The number of rotatable bonds is 8. The second kappa shape index (κ2) is 7.64. The highest BCUT2D eigenvalue weighted by atomic mass is 32.1. The molecule has 1 aromatic heterocycles. The summed E-state index contributed by atoms with van der Waals surface area (Å²) in [6.07, 6.45) is 0.952. The molecular formula is C14H23NOS. The van der Waals surface area contributed by atoms with E-state index in [0.717, 1.165) is 26.2 Å². The average Bonchev–Trinajstić information content (AvgIpc) is 2.69. The molecule has 1 N–H and O–H groups in total. The van der Waals surface area contributed by atoms with Gasteiger partial charge in [-0.25, -0.2) is 0 Å². The largest absolute Gasteiger partial charge is 0.376 e. The molecule has 0 bridgehead atoms. The van der Waals surface area contributed by atoms with Crippen LogP contribution in [-0.4, -0.2) is 12.6 Å². The standard InChI is InChI=1S/C14H23NOS/c1-11(2)7-8-16-10-14-6-5-13(17-14)9-15-12(3)4/h5-6,12,15H,1,7-10H2,2-4H3. The van der Waals surface area contributed by atoms with Crippen LogP contribution in [0.2, 0.25) is 0 Å². The molecule has 0 saturated carbocycles. The van der Waals surface area contributed by atoms with Crippen LogP contribution in [0.5, 0.6) is 0 Å². The molecule has 0 unspecified atom stereocenters. The quantitative estimate of drug-likeness (QED) is 0.563. The Bertz CT molecular complexity index is 344. The monoisotopic (exact) mass is 253 g/mol. The first-order chi connectivity index (χ1) is 8.08. The summed E-state index contributed by atoms with van der Waals surface area (Å²) in [4.78, 5) is 2.67. The molecular weight excluding hydrogens is 230 g/mol. The molecule has 1 rings (SSSR count). The molecule has 3 heteroatoms. The summed E-state index contributed by atoms with van der Waals surface area (Å²) in [5.74, 6) is 0. The Kier molecular flexibility index (Phi) is 6.48. The predicted molar refractivity (Wildman–Crippen MR) is 75.4 cm³/mol. The Morgan fingerprint density at radius 2 is 2.12 bits per heavy atom. The number of nitrogens with one attached hydrogen (secondary N) is 1. The van der Waals surface area contributed by atoms with E-state index in [2.05, 4.69) is 37.9 Å². The second-order valence-corrected chi connectivity index (χ2v) is 5.92. The van der Waals surface area contributed by atoms with E-state index >= 15 is 0 Å². The van der Waals surface area contributed by atoms with Gasteiger partial charge in [0.15, 0.2) is 0 Å². The molecule has 0 atom stereocenters. The Morgan fingerprint density at radius 1 is 1.41 bits per heavy atom. The van der Waals surface area contributed by atoms with Crippen molar-refractivity contribution < 1.29 is 4.74 Å². The van der Waals surface area contributed by atoms with Crippen molar-refractivity contribution in [2.45, 2.75) is 46.4 Å². The number of hydrogen-bond acceptors (Lipinski definition) is 3. The molecule has 96 valence electrons. The SMILES string of the molecule is C=C(C)CCOCc1ccc(CNC(C)C)s1. The summed E-state index contributed by atoms with van der Waals surface area (Å²) < 4.78 is 5.60. The average molecular weight is 253 g/mol. The molecule has 17 heavy (non-hydrogen) atoms. The lowest BCUT2D eigenvalue weighted by molar-refractivity contribution is 0.126. The summed E-state index contributed by atoms with van der Waals surface area (Å²) >= 11 is 1.82. The van der Waals surface area contributed by atoms with Crippen LogP contribution in [0.25, 0.3) is 0 Å². The highest BCUT2D eigenvalue weighted by molar-refractivity contribution is 7.11. The highest BCUT2D eigenvalue weighted by Crippen LogP contribution is 2.17. The minimum Gasteiger partial charge on any atom is -0.376 e. The molecule has 0 aliphatic rings. The van der Waals surface area contributed by atoms with E-state index in [1.807, 2.05) is 18.3 Å². The molecule has 2 nitrogen and oxygen atoms in total. The first-order valence-electron chi connectivity index (χ1n) is 6.11. The Hall–Kier alpha value is -0.640. The van der Waals surface area contributed by atoms with Crippen LogP contribution < -0.4 is 5.32 Å². The maximum atomic E-state index is 5.60. The van der Waals surface area contributed by atoms with Gasteiger partial charge in [0.1, 0.15) is 0 Å². The van der Waals surface area contributed by atoms with Crippen LogP contribution >= 0.6 is 11.3 Å². The van der Waals surface area contributed by atoms with E-state index in [4.69, 9.17) is 4.74 Å². The fourth-order valence-corrected chi connectivity index (χ4v) is 2.23. The van der Waals surface area contributed by atoms with Gasteiger partial charge in [0, 0.05) is 22.3 Å². The topological polar surface area (TPSA) is 21.3 Å².